The molecule has 40 heavy (non-hydrogen) atoms. The van der Waals surface area contributed by atoms with Crippen LogP contribution in [0, 0.1) is 22.7 Å². The van der Waals surface area contributed by atoms with Gasteiger partial charge in [-0.1, -0.05) is 26.8 Å². The van der Waals surface area contributed by atoms with Crippen molar-refractivity contribution in [2.24, 2.45) is 22.7 Å². The van der Waals surface area contributed by atoms with Gasteiger partial charge in [-0.2, -0.15) is 0 Å². The Balaban J connectivity index is 1.45. The maximum Gasteiger partial charge on any atom is 0.513 e. The largest absolute Gasteiger partial charge is 0.513 e. The molecule has 1 N–H and O–H groups in total. The average molecular weight is 554 g/mol. The minimum Gasteiger partial charge on any atom is -0.482 e. The number of aliphatic hydroxyl groups is 1. The van der Waals surface area contributed by atoms with Crippen LogP contribution >= 0.6 is 0 Å². The summed E-state index contributed by atoms with van der Waals surface area (Å²) in [5.74, 6) is 1.22. The number of carbonyl (C=O) groups is 2. The molecule has 1 unspecified atom stereocenters. The van der Waals surface area contributed by atoms with Gasteiger partial charge in [0.25, 0.3) is 0 Å². The summed E-state index contributed by atoms with van der Waals surface area (Å²) in [4.78, 5) is 28.4. The first-order valence-electron chi connectivity index (χ1n) is 15.1. The number of fused-ring (bicyclic) bond motifs is 2. The van der Waals surface area contributed by atoms with Crippen LogP contribution in [0.1, 0.15) is 84.3 Å². The van der Waals surface area contributed by atoms with Crippen LogP contribution in [0.4, 0.5) is 4.79 Å². The van der Waals surface area contributed by atoms with Gasteiger partial charge in [0.2, 0.25) is 5.91 Å². The van der Waals surface area contributed by atoms with E-state index in [0.29, 0.717) is 24.0 Å². The number of methoxy groups -OCH3 is 1. The third kappa shape index (κ3) is 3.00. The molecular formula is C32H43NO7. The molecule has 4 saturated carbocycles. The number of benzene rings is 1. The summed E-state index contributed by atoms with van der Waals surface area (Å²) in [6.07, 6.45) is 4.75. The molecule has 1 aromatic carbocycles. The Kier molecular flexibility index (Phi) is 5.42. The van der Waals surface area contributed by atoms with Crippen LogP contribution in [0.15, 0.2) is 12.1 Å². The van der Waals surface area contributed by atoms with Crippen molar-refractivity contribution in [3.05, 3.63) is 23.3 Å². The van der Waals surface area contributed by atoms with Gasteiger partial charge in [-0.15, -0.1) is 0 Å². The van der Waals surface area contributed by atoms with E-state index < -0.39 is 28.2 Å². The van der Waals surface area contributed by atoms with Gasteiger partial charge >= 0.3 is 6.16 Å². The zero-order valence-electron chi connectivity index (χ0n) is 24.7. The topological polar surface area (TPSA) is 94.5 Å². The third-order valence-corrected chi connectivity index (χ3v) is 12.2. The molecule has 1 amide bonds. The number of carbonyl (C=O) groups excluding carboxylic acids is 2. The molecule has 1 saturated heterocycles. The molecule has 0 radical (unpaired) electrons. The molecule has 7 atom stereocenters. The fraction of sp³-hybridized carbons (Fsp3) is 0.750. The van der Waals surface area contributed by atoms with Crippen molar-refractivity contribution in [2.45, 2.75) is 108 Å². The molecule has 5 aliphatic carbocycles. The van der Waals surface area contributed by atoms with Crippen LogP contribution in [0.25, 0.3) is 0 Å². The van der Waals surface area contributed by atoms with E-state index in [1.54, 1.807) is 14.0 Å². The van der Waals surface area contributed by atoms with E-state index in [2.05, 4.69) is 31.7 Å². The van der Waals surface area contributed by atoms with E-state index in [9.17, 15) is 14.7 Å². The van der Waals surface area contributed by atoms with Crippen molar-refractivity contribution >= 4 is 12.1 Å². The summed E-state index contributed by atoms with van der Waals surface area (Å²) in [5, 5.41) is 12.3. The fourth-order valence-electron chi connectivity index (χ4n) is 9.77. The number of amides is 1. The molecule has 2 aliphatic heterocycles. The normalized spacial score (nSPS) is 38.3. The average Bonchev–Trinajstić information content (AvgIpc) is 3.68. The number of ether oxygens (including phenoxy) is 4. The maximum atomic E-state index is 13.8. The Morgan fingerprint density at radius 2 is 1.90 bits per heavy atom. The molecule has 8 heteroatoms. The van der Waals surface area contributed by atoms with E-state index >= 15 is 0 Å². The molecule has 8 rings (SSSR count). The number of nitrogens with zero attached hydrogens (tertiary/aromatic N) is 1. The lowest BCUT2D eigenvalue weighted by Gasteiger charge is -2.75. The van der Waals surface area contributed by atoms with E-state index in [0.717, 1.165) is 56.1 Å². The lowest BCUT2D eigenvalue weighted by Crippen LogP contribution is -2.83. The molecule has 7 aliphatic rings. The molecular weight excluding hydrogens is 510 g/mol. The van der Waals surface area contributed by atoms with E-state index in [1.165, 1.54) is 0 Å². The zero-order valence-corrected chi connectivity index (χ0v) is 24.7. The Bertz CT molecular complexity index is 1280. The molecule has 2 spiro atoms. The molecule has 5 fully saturated rings. The second-order valence-corrected chi connectivity index (χ2v) is 14.4. The van der Waals surface area contributed by atoms with Crippen LogP contribution in [0.5, 0.6) is 11.5 Å². The monoisotopic (exact) mass is 553 g/mol. The van der Waals surface area contributed by atoms with Crippen LogP contribution in [-0.4, -0.2) is 65.7 Å². The van der Waals surface area contributed by atoms with Gasteiger partial charge in [-0.3, -0.25) is 4.79 Å². The van der Waals surface area contributed by atoms with E-state index in [-0.39, 0.29) is 36.0 Å². The summed E-state index contributed by atoms with van der Waals surface area (Å²) < 4.78 is 24.4. The molecule has 218 valence electrons. The van der Waals surface area contributed by atoms with Gasteiger partial charge in [-0.05, 0) is 75.8 Å². The van der Waals surface area contributed by atoms with Crippen LogP contribution in [0.3, 0.4) is 0 Å². The highest BCUT2D eigenvalue weighted by atomic mass is 16.7. The standard InChI is InChI=1S/C32H43NO7/c1-7-38-27(35)39-20-11-10-19-16-22-30-12-13-32(37-6,21(17-30)29(5,36)28(2,3)4)26-31(30,23(19)24(20)40-26)14-15-33(22)25(34)18-8-9-18/h10-11,18,21-22,26,36H,7-9,12-17H2,1-6H3/t21?,22-,26-,29+,30-,31+,32-/m1/s1. The van der Waals surface area contributed by atoms with Gasteiger partial charge in [0.05, 0.1) is 12.2 Å². The Hall–Kier alpha value is -2.32. The molecule has 8 nitrogen and oxygen atoms in total. The second-order valence-electron chi connectivity index (χ2n) is 14.4. The molecule has 4 bridgehead atoms. The van der Waals surface area contributed by atoms with Crippen molar-refractivity contribution in [1.29, 1.82) is 0 Å². The lowest BCUT2D eigenvalue weighted by atomic mass is 9.33. The van der Waals surface area contributed by atoms with Crippen molar-refractivity contribution < 1.29 is 33.6 Å². The summed E-state index contributed by atoms with van der Waals surface area (Å²) >= 11 is 0. The van der Waals surface area contributed by atoms with Crippen LogP contribution in [-0.2, 0) is 26.1 Å². The number of hydrogen-bond donors (Lipinski definition) is 1. The SMILES string of the molecule is CCOC(=O)Oc1ccc2c3c1O[C@@H]1[C@]34CCN(C(=O)C3CC3)[C@H](C2)[C@]42CC[C@@]1(OC)C([C@](C)(O)C(C)(C)C)C2. The van der Waals surface area contributed by atoms with E-state index in [1.807, 2.05) is 13.0 Å². The summed E-state index contributed by atoms with van der Waals surface area (Å²) in [7, 11) is 1.76. The van der Waals surface area contributed by atoms with Crippen molar-refractivity contribution in [1.82, 2.24) is 4.90 Å². The van der Waals surface area contributed by atoms with Gasteiger partial charge in [0, 0.05) is 47.9 Å². The van der Waals surface area contributed by atoms with Crippen molar-refractivity contribution in [3.8, 4) is 11.5 Å². The quantitative estimate of drug-likeness (QED) is 0.415. The smallest absolute Gasteiger partial charge is 0.482 e. The molecule has 2 heterocycles. The number of likely N-dealkylation sites (tertiary alicyclic amines) is 1. The zero-order chi connectivity index (χ0) is 28.5. The predicted octanol–water partition coefficient (Wildman–Crippen LogP) is 4.77. The highest BCUT2D eigenvalue weighted by Gasteiger charge is 2.82. The lowest BCUT2D eigenvalue weighted by molar-refractivity contribution is -0.311. The molecule has 0 aromatic heterocycles. The summed E-state index contributed by atoms with van der Waals surface area (Å²) in [5.41, 5.74) is -0.581. The highest BCUT2D eigenvalue weighted by Crippen LogP contribution is 2.78. The van der Waals surface area contributed by atoms with Crippen molar-refractivity contribution in [3.63, 3.8) is 0 Å². The highest BCUT2D eigenvalue weighted by molar-refractivity contribution is 5.82. The minimum atomic E-state index is -1.06. The Morgan fingerprint density at radius 1 is 1.15 bits per heavy atom. The first-order valence-corrected chi connectivity index (χ1v) is 15.1. The Labute approximate surface area is 236 Å². The summed E-state index contributed by atoms with van der Waals surface area (Å²) in [6, 6.07) is 3.89. The van der Waals surface area contributed by atoms with Crippen molar-refractivity contribution in [2.75, 3.05) is 20.3 Å². The number of rotatable bonds is 5. The van der Waals surface area contributed by atoms with Crippen LogP contribution in [0.2, 0.25) is 0 Å². The third-order valence-electron chi connectivity index (χ3n) is 12.2. The second kappa shape index (κ2) is 8.15. The van der Waals surface area contributed by atoms with Gasteiger partial charge in [-0.25, -0.2) is 4.79 Å². The first-order chi connectivity index (χ1) is 18.9. The molecule has 1 aromatic rings. The van der Waals surface area contributed by atoms with Gasteiger partial charge < -0.3 is 29.0 Å². The van der Waals surface area contributed by atoms with Gasteiger partial charge in [0.1, 0.15) is 11.7 Å². The first kappa shape index (κ1) is 26.6. The number of piperidine rings is 1. The predicted molar refractivity (Wildman–Crippen MR) is 146 cm³/mol. The maximum absolute atomic E-state index is 13.8. The Morgan fingerprint density at radius 3 is 2.55 bits per heavy atom. The van der Waals surface area contributed by atoms with Crippen LogP contribution < -0.4 is 9.47 Å². The van der Waals surface area contributed by atoms with Gasteiger partial charge in [0.15, 0.2) is 11.5 Å². The summed E-state index contributed by atoms with van der Waals surface area (Å²) in [6.45, 7) is 10.9. The van der Waals surface area contributed by atoms with E-state index in [4.69, 9.17) is 18.9 Å². The minimum absolute atomic E-state index is 0.0316. The number of hydrogen-bond acceptors (Lipinski definition) is 7. The fourth-order valence-corrected chi connectivity index (χ4v) is 9.77.